The van der Waals surface area contributed by atoms with Crippen molar-refractivity contribution < 1.29 is 4.79 Å². The van der Waals surface area contributed by atoms with Gasteiger partial charge in [-0.3, -0.25) is 0 Å². The third-order valence-corrected chi connectivity index (χ3v) is 10.2. The van der Waals surface area contributed by atoms with E-state index in [2.05, 4.69) is 27.7 Å². The van der Waals surface area contributed by atoms with Gasteiger partial charge < -0.3 is 4.79 Å². The minimum Gasteiger partial charge on any atom is -0.303 e. The number of hydrogen-bond acceptors (Lipinski definition) is 1. The van der Waals surface area contributed by atoms with Gasteiger partial charge in [-0.1, -0.05) is 34.1 Å². The Kier molecular flexibility index (Phi) is 3.98. The molecule has 1 heteroatoms. The zero-order valence-electron chi connectivity index (χ0n) is 16.4. The van der Waals surface area contributed by atoms with E-state index in [1.165, 1.54) is 70.5 Å². The summed E-state index contributed by atoms with van der Waals surface area (Å²) in [6, 6.07) is 0. The highest BCUT2D eigenvalue weighted by molar-refractivity contribution is 5.56. The van der Waals surface area contributed by atoms with Crippen molar-refractivity contribution in [3.63, 3.8) is 0 Å². The molecule has 0 aliphatic heterocycles. The molecule has 0 aromatic carbocycles. The van der Waals surface area contributed by atoms with Gasteiger partial charge in [0.2, 0.25) is 0 Å². The second-order valence-electron chi connectivity index (χ2n) is 10.9. The van der Waals surface area contributed by atoms with Crippen LogP contribution in [-0.2, 0) is 4.79 Å². The van der Waals surface area contributed by atoms with E-state index in [0.29, 0.717) is 22.2 Å². The highest BCUT2D eigenvalue weighted by Gasteiger charge is 2.60. The summed E-state index contributed by atoms with van der Waals surface area (Å²) < 4.78 is 0. The van der Waals surface area contributed by atoms with Gasteiger partial charge in [0.15, 0.2) is 0 Å². The van der Waals surface area contributed by atoms with E-state index in [1.807, 2.05) is 0 Å². The molecule has 4 saturated carbocycles. The quantitative estimate of drug-likeness (QED) is 0.546. The van der Waals surface area contributed by atoms with Crippen molar-refractivity contribution in [2.24, 2.45) is 45.8 Å². The van der Waals surface area contributed by atoms with Crippen molar-refractivity contribution in [1.82, 2.24) is 0 Å². The van der Waals surface area contributed by atoms with Gasteiger partial charge in [0, 0.05) is 5.92 Å². The second-order valence-corrected chi connectivity index (χ2v) is 10.9. The van der Waals surface area contributed by atoms with Crippen molar-refractivity contribution in [2.45, 2.75) is 91.9 Å². The molecular formula is C23H38O. The van der Waals surface area contributed by atoms with Crippen LogP contribution < -0.4 is 0 Å². The van der Waals surface area contributed by atoms with Crippen LogP contribution in [0.25, 0.3) is 0 Å². The van der Waals surface area contributed by atoms with Crippen LogP contribution in [0, 0.1) is 45.8 Å². The number of fused-ring (bicyclic) bond motifs is 5. The Hall–Kier alpha value is -0.330. The minimum absolute atomic E-state index is 0.332. The lowest BCUT2D eigenvalue weighted by Crippen LogP contribution is -2.54. The van der Waals surface area contributed by atoms with Crippen LogP contribution in [0.1, 0.15) is 91.9 Å². The molecule has 0 aromatic heterocycles. The maximum Gasteiger partial charge on any atom is 0.123 e. The zero-order valence-corrected chi connectivity index (χ0v) is 16.4. The van der Waals surface area contributed by atoms with E-state index < -0.39 is 0 Å². The number of rotatable bonds is 2. The molecule has 1 nitrogen and oxygen atoms in total. The molecule has 0 spiro atoms. The summed E-state index contributed by atoms with van der Waals surface area (Å²) in [7, 11) is 0. The predicted molar refractivity (Wildman–Crippen MR) is 99.7 cm³/mol. The maximum atomic E-state index is 11.6. The largest absolute Gasteiger partial charge is 0.303 e. The summed E-state index contributed by atoms with van der Waals surface area (Å²) in [5, 5.41) is 0. The summed E-state index contributed by atoms with van der Waals surface area (Å²) in [5.41, 5.74) is 1.53. The Bertz CT molecular complexity index is 512. The third-order valence-electron chi connectivity index (χ3n) is 10.2. The Morgan fingerprint density at radius 3 is 2.33 bits per heavy atom. The van der Waals surface area contributed by atoms with Crippen molar-refractivity contribution in [2.75, 3.05) is 0 Å². The Morgan fingerprint density at radius 1 is 0.875 bits per heavy atom. The summed E-state index contributed by atoms with van der Waals surface area (Å²) >= 11 is 0. The van der Waals surface area contributed by atoms with E-state index >= 15 is 0 Å². The van der Waals surface area contributed by atoms with E-state index in [4.69, 9.17) is 0 Å². The van der Waals surface area contributed by atoms with Gasteiger partial charge in [-0.05, 0) is 97.7 Å². The summed E-state index contributed by atoms with van der Waals surface area (Å²) in [4.78, 5) is 11.6. The smallest absolute Gasteiger partial charge is 0.123 e. The summed E-state index contributed by atoms with van der Waals surface area (Å²) in [6.07, 6.45) is 15.2. The van der Waals surface area contributed by atoms with Crippen molar-refractivity contribution in [1.29, 1.82) is 0 Å². The molecule has 0 heterocycles. The summed E-state index contributed by atoms with van der Waals surface area (Å²) in [6.45, 7) is 10.1. The van der Waals surface area contributed by atoms with Gasteiger partial charge in [0.05, 0.1) is 0 Å². The van der Waals surface area contributed by atoms with E-state index in [1.54, 1.807) is 0 Å². The van der Waals surface area contributed by atoms with Gasteiger partial charge in [-0.25, -0.2) is 0 Å². The second kappa shape index (κ2) is 5.58. The van der Waals surface area contributed by atoms with Crippen LogP contribution in [0.15, 0.2) is 0 Å². The van der Waals surface area contributed by atoms with E-state index in [0.717, 1.165) is 23.7 Å². The average molecular weight is 331 g/mol. The average Bonchev–Trinajstić information content (AvgIpc) is 2.92. The molecule has 4 aliphatic rings. The Balaban J connectivity index is 1.59. The van der Waals surface area contributed by atoms with Gasteiger partial charge in [-0.15, -0.1) is 0 Å². The topological polar surface area (TPSA) is 17.1 Å². The van der Waals surface area contributed by atoms with E-state index in [-0.39, 0.29) is 0 Å². The molecule has 24 heavy (non-hydrogen) atoms. The van der Waals surface area contributed by atoms with Gasteiger partial charge in [-0.2, -0.15) is 0 Å². The number of aldehydes is 1. The van der Waals surface area contributed by atoms with Gasteiger partial charge in [0.25, 0.3) is 0 Å². The zero-order chi connectivity index (χ0) is 17.2. The number of hydrogen-bond donors (Lipinski definition) is 0. The molecule has 0 unspecified atom stereocenters. The number of carbonyl (C=O) groups excluding carboxylic acids is 1. The van der Waals surface area contributed by atoms with Gasteiger partial charge >= 0.3 is 0 Å². The Morgan fingerprint density at radius 2 is 1.62 bits per heavy atom. The van der Waals surface area contributed by atoms with Gasteiger partial charge in [0.1, 0.15) is 6.29 Å². The molecule has 4 aliphatic carbocycles. The molecular weight excluding hydrogens is 292 g/mol. The Labute approximate surface area is 149 Å². The molecule has 0 amide bonds. The fourth-order valence-corrected chi connectivity index (χ4v) is 8.11. The van der Waals surface area contributed by atoms with Crippen LogP contribution >= 0.6 is 0 Å². The first kappa shape index (κ1) is 17.1. The molecule has 0 bridgehead atoms. The monoisotopic (exact) mass is 330 g/mol. The molecule has 0 aromatic rings. The van der Waals surface area contributed by atoms with Crippen LogP contribution in [0.5, 0.6) is 0 Å². The predicted octanol–water partition coefficient (Wildman–Crippen LogP) is 6.26. The fraction of sp³-hybridized carbons (Fsp3) is 0.957. The molecule has 4 rings (SSSR count). The van der Waals surface area contributed by atoms with Crippen LogP contribution in [0.2, 0.25) is 0 Å². The van der Waals surface area contributed by atoms with Crippen LogP contribution in [-0.4, -0.2) is 6.29 Å². The highest BCUT2D eigenvalue weighted by Crippen LogP contribution is 2.68. The minimum atomic E-state index is 0.332. The molecule has 4 fully saturated rings. The molecule has 136 valence electrons. The van der Waals surface area contributed by atoms with Crippen LogP contribution in [0.4, 0.5) is 0 Å². The van der Waals surface area contributed by atoms with Crippen molar-refractivity contribution >= 4 is 6.29 Å². The molecule has 0 radical (unpaired) electrons. The molecule has 8 atom stereocenters. The lowest BCUT2D eigenvalue weighted by molar-refractivity contribution is -0.134. The third kappa shape index (κ3) is 2.21. The van der Waals surface area contributed by atoms with Crippen LogP contribution in [0.3, 0.4) is 0 Å². The first-order chi connectivity index (χ1) is 11.4. The SMILES string of the molecule is CC[C@]1(C)CC[C@@]2(C)[C@@H](CC[C@@H]3[C@@H]2CC[C@]2(C)[C@@H](C=O)CC[C@@H]32)C1. The summed E-state index contributed by atoms with van der Waals surface area (Å²) in [5.74, 6) is 4.01. The maximum absolute atomic E-state index is 11.6. The normalized spacial score (nSPS) is 56.9. The first-order valence-electron chi connectivity index (χ1n) is 10.8. The molecule has 0 saturated heterocycles. The lowest BCUT2D eigenvalue weighted by Gasteiger charge is -2.62. The van der Waals surface area contributed by atoms with Crippen molar-refractivity contribution in [3.8, 4) is 0 Å². The lowest BCUT2D eigenvalue weighted by atomic mass is 9.43. The van der Waals surface area contributed by atoms with Crippen molar-refractivity contribution in [3.05, 3.63) is 0 Å². The van der Waals surface area contributed by atoms with E-state index in [9.17, 15) is 4.79 Å². The standard InChI is InChI=1S/C23H38O/c1-5-21(2)12-13-23(4)16(14-21)6-8-18-19-9-7-17(15-24)22(19,3)11-10-20(18)23/h15-20H,5-14H2,1-4H3/t16-,17+,18-,19-,20-,21+,22+,23-/m0/s1. The first-order valence-corrected chi connectivity index (χ1v) is 10.8. The highest BCUT2D eigenvalue weighted by atomic mass is 16.1. The number of carbonyl (C=O) groups is 1. The fourth-order valence-electron chi connectivity index (χ4n) is 8.11. The molecule has 0 N–H and O–H groups in total.